The van der Waals surface area contributed by atoms with Gasteiger partial charge in [0.05, 0.1) is 31.4 Å². The number of ether oxygens (including phenoxy) is 2. The monoisotopic (exact) mass is 390 g/mol. The van der Waals surface area contributed by atoms with Gasteiger partial charge in [0, 0.05) is 37.0 Å². The van der Waals surface area contributed by atoms with Crippen LogP contribution in [0.25, 0.3) is 0 Å². The fourth-order valence-electron chi connectivity index (χ4n) is 4.57. The SMILES string of the molecule is COCCC1(NC(=O)CC2CN(Cc3nc(C)c(C)[nH]3)C3(CCC3)CO2)CC1. The molecule has 2 aliphatic carbocycles. The van der Waals surface area contributed by atoms with Crippen LogP contribution in [0.15, 0.2) is 0 Å². The summed E-state index contributed by atoms with van der Waals surface area (Å²) < 4.78 is 11.3. The number of aromatic nitrogens is 2. The molecule has 1 saturated heterocycles. The summed E-state index contributed by atoms with van der Waals surface area (Å²) in [5, 5.41) is 3.24. The molecule has 3 aliphatic rings. The van der Waals surface area contributed by atoms with E-state index in [1.807, 2.05) is 6.92 Å². The first-order valence-electron chi connectivity index (χ1n) is 10.6. The molecule has 1 amide bonds. The van der Waals surface area contributed by atoms with E-state index in [0.29, 0.717) is 13.0 Å². The molecule has 0 radical (unpaired) electrons. The van der Waals surface area contributed by atoms with Crippen LogP contribution in [0.5, 0.6) is 0 Å². The van der Waals surface area contributed by atoms with Crippen LogP contribution in [0.4, 0.5) is 0 Å². The van der Waals surface area contributed by atoms with Gasteiger partial charge >= 0.3 is 0 Å². The minimum absolute atomic E-state index is 0.0279. The Morgan fingerprint density at radius 2 is 2.14 bits per heavy atom. The average Bonchev–Trinajstić information content (AvgIpc) is 3.30. The number of carbonyl (C=O) groups excluding carboxylic acids is 1. The molecule has 0 bridgehead atoms. The quantitative estimate of drug-likeness (QED) is 0.712. The van der Waals surface area contributed by atoms with Gasteiger partial charge in [-0.05, 0) is 52.4 Å². The van der Waals surface area contributed by atoms with Crippen LogP contribution < -0.4 is 5.32 Å². The predicted octanol–water partition coefficient (Wildman–Crippen LogP) is 2.23. The number of imidazole rings is 1. The Labute approximate surface area is 167 Å². The van der Waals surface area contributed by atoms with Crippen LogP contribution in [0.2, 0.25) is 0 Å². The van der Waals surface area contributed by atoms with Crippen LogP contribution in [0.3, 0.4) is 0 Å². The number of nitrogens with zero attached hydrogens (tertiary/aromatic N) is 2. The molecule has 2 saturated carbocycles. The van der Waals surface area contributed by atoms with Gasteiger partial charge in [-0.15, -0.1) is 0 Å². The summed E-state index contributed by atoms with van der Waals surface area (Å²) in [6, 6.07) is 0. The first kappa shape index (κ1) is 19.9. The zero-order valence-corrected chi connectivity index (χ0v) is 17.5. The summed E-state index contributed by atoms with van der Waals surface area (Å²) in [7, 11) is 1.71. The molecule has 7 nitrogen and oxygen atoms in total. The Bertz CT molecular complexity index is 689. The van der Waals surface area contributed by atoms with Crippen molar-refractivity contribution >= 4 is 5.91 Å². The lowest BCUT2D eigenvalue weighted by atomic mass is 9.74. The average molecular weight is 391 g/mol. The molecule has 1 aromatic heterocycles. The second-order valence-electron chi connectivity index (χ2n) is 9.06. The van der Waals surface area contributed by atoms with E-state index in [2.05, 4.69) is 27.1 Å². The first-order valence-corrected chi connectivity index (χ1v) is 10.6. The van der Waals surface area contributed by atoms with E-state index >= 15 is 0 Å². The normalized spacial score (nSPS) is 25.5. The van der Waals surface area contributed by atoms with E-state index in [4.69, 9.17) is 9.47 Å². The standard InChI is InChI=1S/C21H34N4O3/c1-15-16(2)23-18(22-15)13-25-12-17(28-14-21(25)5-4-6-21)11-19(26)24-20(7-8-20)9-10-27-3/h17H,4-14H2,1-3H3,(H,22,23)(H,24,26). The molecule has 1 aliphatic heterocycles. The van der Waals surface area contributed by atoms with Crippen molar-refractivity contribution in [3.63, 3.8) is 0 Å². The molecular formula is C21H34N4O3. The molecule has 1 spiro atoms. The van der Waals surface area contributed by atoms with Crippen molar-refractivity contribution in [2.75, 3.05) is 26.9 Å². The molecule has 2 N–H and O–H groups in total. The molecule has 156 valence electrons. The Balaban J connectivity index is 1.35. The summed E-state index contributed by atoms with van der Waals surface area (Å²) in [4.78, 5) is 23.2. The largest absolute Gasteiger partial charge is 0.385 e. The third-order valence-corrected chi connectivity index (χ3v) is 6.94. The lowest BCUT2D eigenvalue weighted by molar-refractivity contribution is -0.155. The molecule has 2 heterocycles. The van der Waals surface area contributed by atoms with E-state index in [-0.39, 0.29) is 23.1 Å². The number of amides is 1. The van der Waals surface area contributed by atoms with E-state index < -0.39 is 0 Å². The number of rotatable bonds is 8. The van der Waals surface area contributed by atoms with Crippen molar-refractivity contribution in [3.8, 4) is 0 Å². The number of hydrogen-bond acceptors (Lipinski definition) is 5. The Kier molecular flexibility index (Phi) is 5.51. The second kappa shape index (κ2) is 7.76. The van der Waals surface area contributed by atoms with Crippen molar-refractivity contribution in [1.82, 2.24) is 20.2 Å². The highest BCUT2D eigenvalue weighted by Gasteiger charge is 2.48. The Morgan fingerprint density at radius 1 is 1.36 bits per heavy atom. The smallest absolute Gasteiger partial charge is 0.223 e. The number of aromatic amines is 1. The molecule has 1 unspecified atom stereocenters. The Hall–Kier alpha value is -1.44. The van der Waals surface area contributed by atoms with Gasteiger partial charge in [0.25, 0.3) is 0 Å². The molecule has 3 fully saturated rings. The van der Waals surface area contributed by atoms with E-state index in [1.165, 1.54) is 19.3 Å². The lowest BCUT2D eigenvalue weighted by Gasteiger charge is -2.54. The molecule has 4 rings (SSSR count). The van der Waals surface area contributed by atoms with Gasteiger partial charge < -0.3 is 19.8 Å². The third-order valence-electron chi connectivity index (χ3n) is 6.94. The molecule has 1 aromatic rings. The van der Waals surface area contributed by atoms with Gasteiger partial charge in [0.15, 0.2) is 0 Å². The van der Waals surface area contributed by atoms with Crippen molar-refractivity contribution < 1.29 is 14.3 Å². The zero-order valence-electron chi connectivity index (χ0n) is 17.5. The van der Waals surface area contributed by atoms with Crippen LogP contribution in [0, 0.1) is 13.8 Å². The summed E-state index contributed by atoms with van der Waals surface area (Å²) >= 11 is 0. The molecule has 28 heavy (non-hydrogen) atoms. The third kappa shape index (κ3) is 4.11. The summed E-state index contributed by atoms with van der Waals surface area (Å²) in [6.45, 7) is 7.11. The fraction of sp³-hybridized carbons (Fsp3) is 0.810. The highest BCUT2D eigenvalue weighted by atomic mass is 16.5. The molecule has 1 atom stereocenters. The van der Waals surface area contributed by atoms with Gasteiger partial charge in [-0.2, -0.15) is 0 Å². The number of morpholine rings is 1. The second-order valence-corrected chi connectivity index (χ2v) is 9.06. The number of hydrogen-bond donors (Lipinski definition) is 2. The van der Waals surface area contributed by atoms with Crippen molar-refractivity contribution in [3.05, 3.63) is 17.2 Å². The summed E-state index contributed by atoms with van der Waals surface area (Å²) in [5.74, 6) is 1.12. The minimum atomic E-state index is -0.0541. The van der Waals surface area contributed by atoms with Crippen molar-refractivity contribution in [2.24, 2.45) is 0 Å². The van der Waals surface area contributed by atoms with Crippen molar-refractivity contribution in [1.29, 1.82) is 0 Å². The van der Waals surface area contributed by atoms with Gasteiger partial charge in [-0.3, -0.25) is 9.69 Å². The maximum absolute atomic E-state index is 12.6. The van der Waals surface area contributed by atoms with Gasteiger partial charge in [0.2, 0.25) is 5.91 Å². The van der Waals surface area contributed by atoms with Gasteiger partial charge in [0.1, 0.15) is 5.82 Å². The number of aryl methyl sites for hydroxylation is 2. The molecule has 7 heteroatoms. The summed E-state index contributed by atoms with van der Waals surface area (Å²) in [6.07, 6.45) is 6.98. The number of nitrogens with one attached hydrogen (secondary N) is 2. The fourth-order valence-corrected chi connectivity index (χ4v) is 4.57. The molecular weight excluding hydrogens is 356 g/mol. The number of carbonyl (C=O) groups is 1. The number of H-pyrrole nitrogens is 1. The highest BCUT2D eigenvalue weighted by molar-refractivity contribution is 5.77. The maximum atomic E-state index is 12.6. The van der Waals surface area contributed by atoms with E-state index in [1.54, 1.807) is 7.11 Å². The van der Waals surface area contributed by atoms with Crippen LogP contribution >= 0.6 is 0 Å². The van der Waals surface area contributed by atoms with Crippen LogP contribution in [-0.4, -0.2) is 64.8 Å². The minimum Gasteiger partial charge on any atom is -0.385 e. The van der Waals surface area contributed by atoms with Crippen LogP contribution in [0.1, 0.15) is 62.2 Å². The summed E-state index contributed by atoms with van der Waals surface area (Å²) in [5.41, 5.74) is 2.30. The van der Waals surface area contributed by atoms with Crippen LogP contribution in [-0.2, 0) is 20.8 Å². The van der Waals surface area contributed by atoms with Gasteiger partial charge in [-0.25, -0.2) is 4.98 Å². The zero-order chi connectivity index (χ0) is 19.8. The first-order chi connectivity index (χ1) is 13.4. The highest BCUT2D eigenvalue weighted by Crippen LogP contribution is 2.42. The van der Waals surface area contributed by atoms with Gasteiger partial charge in [-0.1, -0.05) is 0 Å². The Morgan fingerprint density at radius 3 is 2.71 bits per heavy atom. The topological polar surface area (TPSA) is 79.5 Å². The lowest BCUT2D eigenvalue weighted by Crippen LogP contribution is -2.63. The molecule has 0 aromatic carbocycles. The maximum Gasteiger partial charge on any atom is 0.223 e. The van der Waals surface area contributed by atoms with E-state index in [0.717, 1.165) is 56.2 Å². The predicted molar refractivity (Wildman–Crippen MR) is 106 cm³/mol. The van der Waals surface area contributed by atoms with E-state index in [9.17, 15) is 4.79 Å². The van der Waals surface area contributed by atoms with Crippen molar-refractivity contribution in [2.45, 2.75) is 82.5 Å². The number of methoxy groups -OCH3 is 1.